The number of aliphatic hydroxyl groups excluding tert-OH is 1. The maximum atomic E-state index is 11.6. The van der Waals surface area contributed by atoms with Gasteiger partial charge in [-0.2, -0.15) is 0 Å². The van der Waals surface area contributed by atoms with E-state index in [1.54, 1.807) is 18.3 Å². The van der Waals surface area contributed by atoms with Crippen LogP contribution in [0.4, 0.5) is 10.5 Å². The molecule has 8 nitrogen and oxygen atoms in total. The minimum atomic E-state index is -0.899. The topological polar surface area (TPSA) is 106 Å². The number of aliphatic hydroxyl groups is 1. The lowest BCUT2D eigenvalue weighted by atomic mass is 10.2. The maximum absolute atomic E-state index is 11.6. The minimum absolute atomic E-state index is 0.113. The van der Waals surface area contributed by atoms with Crippen LogP contribution in [0.2, 0.25) is 0 Å². The van der Waals surface area contributed by atoms with E-state index in [1.165, 1.54) is 4.90 Å². The van der Waals surface area contributed by atoms with Gasteiger partial charge >= 0.3 is 6.09 Å². The van der Waals surface area contributed by atoms with Gasteiger partial charge < -0.3 is 25.3 Å². The van der Waals surface area contributed by atoms with E-state index in [4.69, 9.17) is 10.2 Å². The van der Waals surface area contributed by atoms with Crippen molar-refractivity contribution in [1.29, 1.82) is 0 Å². The highest BCUT2D eigenvalue weighted by atomic mass is 16.4. The molecule has 1 aliphatic rings. The summed E-state index contributed by atoms with van der Waals surface area (Å²) in [5.41, 5.74) is 1.15. The maximum Gasteiger partial charge on any atom is 0.407 e. The molecule has 8 heteroatoms. The van der Waals surface area contributed by atoms with Crippen LogP contribution in [-0.4, -0.2) is 71.4 Å². The van der Waals surface area contributed by atoms with E-state index in [2.05, 4.69) is 10.3 Å². The highest BCUT2D eigenvalue weighted by molar-refractivity contribution is 5.92. The first-order valence-electron chi connectivity index (χ1n) is 6.69. The van der Waals surface area contributed by atoms with Crippen molar-refractivity contribution in [2.45, 2.75) is 0 Å². The second-order valence-electron chi connectivity index (χ2n) is 4.64. The minimum Gasteiger partial charge on any atom is -0.465 e. The van der Waals surface area contributed by atoms with Crippen molar-refractivity contribution in [1.82, 2.24) is 15.2 Å². The zero-order chi connectivity index (χ0) is 15.2. The third kappa shape index (κ3) is 3.82. The normalized spacial score (nSPS) is 14.9. The number of pyridine rings is 1. The van der Waals surface area contributed by atoms with E-state index < -0.39 is 6.09 Å². The van der Waals surface area contributed by atoms with Crippen molar-refractivity contribution in [3.05, 3.63) is 24.0 Å². The number of hydrogen-bond donors (Lipinski definition) is 3. The van der Waals surface area contributed by atoms with Gasteiger partial charge in [-0.25, -0.2) is 9.78 Å². The number of amides is 2. The van der Waals surface area contributed by atoms with Gasteiger partial charge in [-0.05, 0) is 12.1 Å². The number of nitrogens with one attached hydrogen (secondary N) is 1. The van der Waals surface area contributed by atoms with Crippen LogP contribution in [-0.2, 0) is 0 Å². The Morgan fingerprint density at radius 3 is 2.48 bits per heavy atom. The van der Waals surface area contributed by atoms with Gasteiger partial charge in [-0.15, -0.1) is 0 Å². The molecule has 0 saturated carbocycles. The molecule has 2 amide bonds. The molecule has 114 valence electrons. The highest BCUT2D eigenvalue weighted by Gasteiger charge is 2.20. The average molecular weight is 294 g/mol. The summed E-state index contributed by atoms with van der Waals surface area (Å²) in [6.07, 6.45) is 0.702. The third-order valence-corrected chi connectivity index (χ3v) is 3.29. The summed E-state index contributed by atoms with van der Waals surface area (Å²) in [5, 5.41) is 20.1. The molecule has 2 rings (SSSR count). The van der Waals surface area contributed by atoms with Crippen LogP contribution < -0.4 is 10.2 Å². The van der Waals surface area contributed by atoms with Gasteiger partial charge in [0.2, 0.25) is 0 Å². The molecule has 1 fully saturated rings. The van der Waals surface area contributed by atoms with Crippen molar-refractivity contribution in [2.24, 2.45) is 0 Å². The van der Waals surface area contributed by atoms with Crippen molar-refractivity contribution < 1.29 is 19.8 Å². The molecule has 1 saturated heterocycles. The molecular formula is C13H18N4O4. The van der Waals surface area contributed by atoms with Crippen LogP contribution in [0.1, 0.15) is 10.5 Å². The lowest BCUT2D eigenvalue weighted by molar-refractivity contribution is 0.0939. The lowest BCUT2D eigenvalue weighted by Gasteiger charge is -2.34. The van der Waals surface area contributed by atoms with Crippen LogP contribution >= 0.6 is 0 Å². The number of nitrogens with zero attached hydrogens (tertiary/aromatic N) is 3. The van der Waals surface area contributed by atoms with Gasteiger partial charge in [-0.3, -0.25) is 4.79 Å². The Kier molecular flexibility index (Phi) is 4.94. The number of anilines is 1. The molecule has 0 atom stereocenters. The Hall–Kier alpha value is -2.35. The van der Waals surface area contributed by atoms with E-state index in [0.717, 1.165) is 5.69 Å². The lowest BCUT2D eigenvalue weighted by Crippen LogP contribution is -2.48. The zero-order valence-electron chi connectivity index (χ0n) is 11.5. The molecule has 0 aliphatic carbocycles. The number of carbonyl (C=O) groups excluding carboxylic acids is 1. The molecule has 0 spiro atoms. The van der Waals surface area contributed by atoms with Crippen LogP contribution in [0.3, 0.4) is 0 Å². The fourth-order valence-corrected chi connectivity index (χ4v) is 2.12. The molecule has 0 aromatic carbocycles. The predicted octanol–water partition coefficient (Wildman–Crippen LogP) is -0.396. The molecule has 1 aliphatic heterocycles. The molecule has 2 heterocycles. The van der Waals surface area contributed by atoms with Crippen LogP contribution in [0.5, 0.6) is 0 Å². The summed E-state index contributed by atoms with van der Waals surface area (Å²) in [6, 6.07) is 3.41. The molecule has 1 aromatic heterocycles. The first-order valence-corrected chi connectivity index (χ1v) is 6.69. The van der Waals surface area contributed by atoms with Crippen LogP contribution in [0.15, 0.2) is 18.3 Å². The Bertz CT molecular complexity index is 497. The van der Waals surface area contributed by atoms with E-state index in [9.17, 15) is 9.59 Å². The highest BCUT2D eigenvalue weighted by Crippen LogP contribution is 2.15. The molecule has 0 radical (unpaired) electrons. The number of carboxylic acid groups (broad SMARTS) is 1. The van der Waals surface area contributed by atoms with Gasteiger partial charge in [-0.1, -0.05) is 0 Å². The summed E-state index contributed by atoms with van der Waals surface area (Å²) in [7, 11) is 0. The monoisotopic (exact) mass is 294 g/mol. The predicted molar refractivity (Wildman–Crippen MR) is 75.5 cm³/mol. The SMILES string of the molecule is O=C(NCCO)c1ccc(N2CCN(C(=O)O)CC2)cn1. The quantitative estimate of drug-likeness (QED) is 0.698. The first kappa shape index (κ1) is 15.0. The molecule has 0 unspecified atom stereocenters. The number of carbonyl (C=O) groups is 2. The average Bonchev–Trinajstić information content (AvgIpc) is 2.53. The summed E-state index contributed by atoms with van der Waals surface area (Å²) in [4.78, 5) is 30.0. The van der Waals surface area contributed by atoms with Gasteiger partial charge in [0.1, 0.15) is 5.69 Å². The van der Waals surface area contributed by atoms with Crippen molar-refractivity contribution in [3.63, 3.8) is 0 Å². The number of piperazine rings is 1. The van der Waals surface area contributed by atoms with Gasteiger partial charge in [0.05, 0.1) is 18.5 Å². The summed E-state index contributed by atoms with van der Waals surface area (Å²) in [6.45, 7) is 2.19. The Morgan fingerprint density at radius 2 is 1.95 bits per heavy atom. The largest absolute Gasteiger partial charge is 0.465 e. The van der Waals surface area contributed by atoms with E-state index in [-0.39, 0.29) is 24.8 Å². The fourth-order valence-electron chi connectivity index (χ4n) is 2.12. The van der Waals surface area contributed by atoms with Crippen molar-refractivity contribution >= 4 is 17.7 Å². The molecular weight excluding hydrogens is 276 g/mol. The van der Waals surface area contributed by atoms with Gasteiger partial charge in [0, 0.05) is 32.7 Å². The standard InChI is InChI=1S/C13H18N4O4/c18-8-3-14-12(19)11-2-1-10(9-15-11)16-4-6-17(7-5-16)13(20)21/h1-2,9,18H,3-8H2,(H,14,19)(H,20,21). The smallest absolute Gasteiger partial charge is 0.407 e. The zero-order valence-corrected chi connectivity index (χ0v) is 11.5. The van der Waals surface area contributed by atoms with E-state index in [1.807, 2.05) is 4.90 Å². The number of aromatic nitrogens is 1. The van der Waals surface area contributed by atoms with Gasteiger partial charge in [0.25, 0.3) is 5.91 Å². The van der Waals surface area contributed by atoms with Crippen LogP contribution in [0, 0.1) is 0 Å². The number of hydrogen-bond acceptors (Lipinski definition) is 5. The van der Waals surface area contributed by atoms with Gasteiger partial charge in [0.15, 0.2) is 0 Å². The Morgan fingerprint density at radius 1 is 1.24 bits per heavy atom. The molecule has 1 aromatic rings. The molecule has 3 N–H and O–H groups in total. The second-order valence-corrected chi connectivity index (χ2v) is 4.64. The Balaban J connectivity index is 1.94. The van der Waals surface area contributed by atoms with Crippen LogP contribution in [0.25, 0.3) is 0 Å². The number of rotatable bonds is 4. The third-order valence-electron chi connectivity index (χ3n) is 3.29. The second kappa shape index (κ2) is 6.89. The summed E-state index contributed by atoms with van der Waals surface area (Å²) >= 11 is 0. The van der Waals surface area contributed by atoms with Crippen molar-refractivity contribution in [3.8, 4) is 0 Å². The summed E-state index contributed by atoms with van der Waals surface area (Å²) < 4.78 is 0. The fraction of sp³-hybridized carbons (Fsp3) is 0.462. The van der Waals surface area contributed by atoms with E-state index in [0.29, 0.717) is 26.2 Å². The van der Waals surface area contributed by atoms with E-state index >= 15 is 0 Å². The summed E-state index contributed by atoms with van der Waals surface area (Å²) in [5.74, 6) is -0.328. The first-order chi connectivity index (χ1) is 10.1. The van der Waals surface area contributed by atoms with Crippen molar-refractivity contribution in [2.75, 3.05) is 44.2 Å². The molecule has 21 heavy (non-hydrogen) atoms. The Labute approximate surface area is 122 Å². The molecule has 0 bridgehead atoms.